The van der Waals surface area contributed by atoms with Gasteiger partial charge < -0.3 is 14.8 Å². The maximum atomic E-state index is 12.0. The molecule has 0 aliphatic rings. The van der Waals surface area contributed by atoms with Crippen molar-refractivity contribution in [1.82, 2.24) is 0 Å². The maximum Gasteiger partial charge on any atom is 0.338 e. The first-order chi connectivity index (χ1) is 11.5. The van der Waals surface area contributed by atoms with E-state index in [9.17, 15) is 9.59 Å². The second-order valence-corrected chi connectivity index (χ2v) is 5.93. The fraction of sp³-hybridized carbons (Fsp3) is 0.222. The summed E-state index contributed by atoms with van der Waals surface area (Å²) in [7, 11) is 0. The third-order valence-electron chi connectivity index (χ3n) is 3.10. The smallest absolute Gasteiger partial charge is 0.338 e. The summed E-state index contributed by atoms with van der Waals surface area (Å²) in [6, 6.07) is 12.2. The van der Waals surface area contributed by atoms with Crippen LogP contribution in [-0.4, -0.2) is 25.1 Å². The number of carbonyl (C=O) groups excluding carboxylic acids is 2. The number of ether oxygens (including phenoxy) is 2. The van der Waals surface area contributed by atoms with Gasteiger partial charge >= 0.3 is 5.97 Å². The van der Waals surface area contributed by atoms with Crippen LogP contribution in [0.2, 0.25) is 0 Å². The van der Waals surface area contributed by atoms with Crippen molar-refractivity contribution in [3.05, 3.63) is 58.1 Å². The maximum absolute atomic E-state index is 12.0. The molecule has 0 aliphatic heterocycles. The summed E-state index contributed by atoms with van der Waals surface area (Å²) in [5, 5.41) is 2.69. The lowest BCUT2D eigenvalue weighted by Crippen LogP contribution is -2.20. The first-order valence-electron chi connectivity index (χ1n) is 7.45. The first-order valence-corrected chi connectivity index (χ1v) is 8.25. The van der Waals surface area contributed by atoms with Crippen LogP contribution in [0.15, 0.2) is 46.9 Å². The zero-order chi connectivity index (χ0) is 17.5. The molecule has 2 aromatic carbocycles. The molecule has 2 rings (SSSR count). The number of carbonyl (C=O) groups is 2. The molecule has 0 saturated carbocycles. The third kappa shape index (κ3) is 5.09. The molecule has 0 spiro atoms. The molecule has 0 aromatic heterocycles. The van der Waals surface area contributed by atoms with Crippen molar-refractivity contribution in [2.75, 3.05) is 18.5 Å². The van der Waals surface area contributed by atoms with Gasteiger partial charge in [0.1, 0.15) is 5.75 Å². The number of amides is 1. The average Bonchev–Trinajstić information content (AvgIpc) is 2.54. The second-order valence-electron chi connectivity index (χ2n) is 5.07. The van der Waals surface area contributed by atoms with E-state index in [1.54, 1.807) is 37.3 Å². The van der Waals surface area contributed by atoms with E-state index < -0.39 is 5.97 Å². The van der Waals surface area contributed by atoms with E-state index in [2.05, 4.69) is 21.2 Å². The number of hydrogen-bond donors (Lipinski definition) is 1. The van der Waals surface area contributed by atoms with Crippen molar-refractivity contribution in [3.63, 3.8) is 0 Å². The standard InChI is InChI=1S/C18H18BrNO4/c1-3-23-18(22)13-5-4-6-14(10-13)20-17(21)11-24-16-8-7-12(2)9-15(16)19/h4-10H,3,11H2,1-2H3,(H,20,21). The van der Waals surface area contributed by atoms with Gasteiger partial charge in [-0.2, -0.15) is 0 Å². The summed E-state index contributed by atoms with van der Waals surface area (Å²) in [4.78, 5) is 23.7. The lowest BCUT2D eigenvalue weighted by molar-refractivity contribution is -0.118. The lowest BCUT2D eigenvalue weighted by atomic mass is 10.2. The van der Waals surface area contributed by atoms with Crippen molar-refractivity contribution >= 4 is 33.5 Å². The van der Waals surface area contributed by atoms with Crippen LogP contribution in [0.25, 0.3) is 0 Å². The highest BCUT2D eigenvalue weighted by atomic mass is 79.9. The molecule has 0 bridgehead atoms. The highest BCUT2D eigenvalue weighted by Gasteiger charge is 2.10. The average molecular weight is 392 g/mol. The Kier molecular flexibility index (Phi) is 6.37. The molecular weight excluding hydrogens is 374 g/mol. The first kappa shape index (κ1) is 18.0. The molecule has 0 aliphatic carbocycles. The van der Waals surface area contributed by atoms with E-state index in [1.165, 1.54) is 0 Å². The summed E-state index contributed by atoms with van der Waals surface area (Å²) in [5.74, 6) is -0.145. The molecule has 0 radical (unpaired) electrons. The fourth-order valence-corrected chi connectivity index (χ4v) is 2.61. The minimum Gasteiger partial charge on any atom is -0.483 e. The summed E-state index contributed by atoms with van der Waals surface area (Å²) in [5.41, 5.74) is 1.99. The fourth-order valence-electron chi connectivity index (χ4n) is 2.00. The van der Waals surface area contributed by atoms with Gasteiger partial charge in [-0.25, -0.2) is 4.79 Å². The minimum atomic E-state index is -0.423. The number of halogens is 1. The molecule has 0 heterocycles. The third-order valence-corrected chi connectivity index (χ3v) is 3.72. The van der Waals surface area contributed by atoms with E-state index in [4.69, 9.17) is 9.47 Å². The van der Waals surface area contributed by atoms with Crippen LogP contribution in [0.3, 0.4) is 0 Å². The molecule has 0 atom stereocenters. The number of anilines is 1. The zero-order valence-electron chi connectivity index (χ0n) is 13.5. The molecule has 1 N–H and O–H groups in total. The molecule has 24 heavy (non-hydrogen) atoms. The summed E-state index contributed by atoms with van der Waals surface area (Å²) < 4.78 is 11.2. The summed E-state index contributed by atoms with van der Waals surface area (Å²) in [6.07, 6.45) is 0. The van der Waals surface area contributed by atoms with E-state index in [-0.39, 0.29) is 12.5 Å². The molecular formula is C18H18BrNO4. The van der Waals surface area contributed by atoms with Crippen molar-refractivity contribution < 1.29 is 19.1 Å². The van der Waals surface area contributed by atoms with Gasteiger partial charge in [-0.1, -0.05) is 12.1 Å². The SMILES string of the molecule is CCOC(=O)c1cccc(NC(=O)COc2ccc(C)cc2Br)c1. The predicted molar refractivity (Wildman–Crippen MR) is 95.4 cm³/mol. The Morgan fingerprint density at radius 3 is 2.67 bits per heavy atom. The van der Waals surface area contributed by atoms with E-state index >= 15 is 0 Å². The quantitative estimate of drug-likeness (QED) is 0.757. The number of benzene rings is 2. The number of esters is 1. The van der Waals surface area contributed by atoms with Gasteiger partial charge in [0.25, 0.3) is 5.91 Å². The number of rotatable bonds is 6. The van der Waals surface area contributed by atoms with Gasteiger partial charge in [0.2, 0.25) is 0 Å². The van der Waals surface area contributed by atoms with E-state index in [1.807, 2.05) is 19.1 Å². The highest BCUT2D eigenvalue weighted by molar-refractivity contribution is 9.10. The molecule has 0 fully saturated rings. The molecule has 0 saturated heterocycles. The Hall–Kier alpha value is -2.34. The van der Waals surface area contributed by atoms with Gasteiger partial charge in [-0.15, -0.1) is 0 Å². The molecule has 1 amide bonds. The summed E-state index contributed by atoms with van der Waals surface area (Å²) in [6.45, 7) is 3.88. The van der Waals surface area contributed by atoms with Crippen LogP contribution >= 0.6 is 15.9 Å². The van der Waals surface area contributed by atoms with Crippen LogP contribution in [0, 0.1) is 6.92 Å². The molecule has 2 aromatic rings. The van der Waals surface area contributed by atoms with E-state index in [0.717, 1.165) is 10.0 Å². The molecule has 6 heteroatoms. The largest absolute Gasteiger partial charge is 0.483 e. The predicted octanol–water partition coefficient (Wildman–Crippen LogP) is 3.95. The van der Waals surface area contributed by atoms with Crippen molar-refractivity contribution in [2.24, 2.45) is 0 Å². The van der Waals surface area contributed by atoms with Crippen LogP contribution in [-0.2, 0) is 9.53 Å². The van der Waals surface area contributed by atoms with E-state index in [0.29, 0.717) is 23.6 Å². The van der Waals surface area contributed by atoms with Crippen molar-refractivity contribution in [3.8, 4) is 5.75 Å². The van der Waals surface area contributed by atoms with Gasteiger partial charge in [-0.3, -0.25) is 4.79 Å². The zero-order valence-corrected chi connectivity index (χ0v) is 15.1. The topological polar surface area (TPSA) is 64.6 Å². The lowest BCUT2D eigenvalue weighted by Gasteiger charge is -2.10. The van der Waals surface area contributed by atoms with Gasteiger partial charge in [-0.05, 0) is 65.7 Å². The molecule has 126 valence electrons. The van der Waals surface area contributed by atoms with Gasteiger partial charge in [0.05, 0.1) is 16.6 Å². The normalized spacial score (nSPS) is 10.1. The van der Waals surface area contributed by atoms with Crippen LogP contribution in [0.4, 0.5) is 5.69 Å². The van der Waals surface area contributed by atoms with Crippen LogP contribution in [0.5, 0.6) is 5.75 Å². The number of aryl methyl sites for hydroxylation is 1. The number of hydrogen-bond acceptors (Lipinski definition) is 4. The highest BCUT2D eigenvalue weighted by Crippen LogP contribution is 2.25. The molecule has 5 nitrogen and oxygen atoms in total. The minimum absolute atomic E-state index is 0.134. The van der Waals surface area contributed by atoms with Crippen LogP contribution < -0.4 is 10.1 Å². The Morgan fingerprint density at radius 2 is 1.96 bits per heavy atom. The second kappa shape index (κ2) is 8.49. The van der Waals surface area contributed by atoms with Gasteiger partial charge in [0.15, 0.2) is 6.61 Å². The van der Waals surface area contributed by atoms with Gasteiger partial charge in [0, 0.05) is 5.69 Å². The Bertz CT molecular complexity index is 746. The Balaban J connectivity index is 1.95. The van der Waals surface area contributed by atoms with Crippen molar-refractivity contribution in [1.29, 1.82) is 0 Å². The monoisotopic (exact) mass is 391 g/mol. The van der Waals surface area contributed by atoms with Crippen molar-refractivity contribution in [2.45, 2.75) is 13.8 Å². The Morgan fingerprint density at radius 1 is 1.17 bits per heavy atom. The summed E-state index contributed by atoms with van der Waals surface area (Å²) >= 11 is 3.40. The van der Waals surface area contributed by atoms with Crippen LogP contribution in [0.1, 0.15) is 22.8 Å². The molecule has 0 unspecified atom stereocenters. The Labute approximate surface area is 149 Å². The number of nitrogens with one attached hydrogen (secondary N) is 1.